The Morgan fingerprint density at radius 3 is 2.75 bits per heavy atom. The molecule has 104 valence electrons. The highest BCUT2D eigenvalue weighted by molar-refractivity contribution is 9.10. The minimum Gasteiger partial charge on any atom is -0.487 e. The van der Waals surface area contributed by atoms with Crippen LogP contribution < -0.4 is 10.1 Å². The summed E-state index contributed by atoms with van der Waals surface area (Å²) in [7, 11) is 1.75. The summed E-state index contributed by atoms with van der Waals surface area (Å²) in [5.74, 6) is 1.05. The number of non-ortho nitro benzene ring substituents is 1. The van der Waals surface area contributed by atoms with E-state index in [2.05, 4.69) is 31.2 Å². The molecule has 0 amide bonds. The lowest BCUT2D eigenvalue weighted by molar-refractivity contribution is -0.385. The van der Waals surface area contributed by atoms with Crippen LogP contribution in [0.2, 0.25) is 0 Å². The van der Waals surface area contributed by atoms with E-state index in [-0.39, 0.29) is 12.3 Å². The molecule has 2 aromatic rings. The van der Waals surface area contributed by atoms with Crippen LogP contribution in [-0.4, -0.2) is 21.9 Å². The molecule has 0 unspecified atom stereocenters. The van der Waals surface area contributed by atoms with Crippen molar-refractivity contribution in [2.75, 3.05) is 12.4 Å². The number of halogens is 1. The van der Waals surface area contributed by atoms with Gasteiger partial charge in [-0.25, -0.2) is 4.98 Å². The van der Waals surface area contributed by atoms with Crippen LogP contribution in [0.5, 0.6) is 5.75 Å². The van der Waals surface area contributed by atoms with E-state index < -0.39 is 4.92 Å². The first-order valence-electron chi connectivity index (χ1n) is 5.65. The molecule has 1 heterocycles. The van der Waals surface area contributed by atoms with E-state index >= 15 is 0 Å². The molecule has 0 fully saturated rings. The van der Waals surface area contributed by atoms with Crippen LogP contribution in [0.4, 0.5) is 11.5 Å². The van der Waals surface area contributed by atoms with E-state index in [1.807, 2.05) is 0 Å². The number of nitro groups is 1. The Morgan fingerprint density at radius 2 is 2.15 bits per heavy atom. The third kappa shape index (κ3) is 3.64. The molecule has 0 radical (unpaired) electrons. The Labute approximate surface area is 123 Å². The molecule has 8 heteroatoms. The van der Waals surface area contributed by atoms with E-state index in [1.165, 1.54) is 12.1 Å². The average molecular weight is 339 g/mol. The standard InChI is InChI=1S/C12H11BrN4O3/c1-14-12-6-15-9(5-16-12)7-20-11-3-8(13)2-10(4-11)17(18)19/h2-6H,7H2,1H3,(H,14,16). The summed E-state index contributed by atoms with van der Waals surface area (Å²) in [5, 5.41) is 13.6. The molecule has 0 aliphatic rings. The average Bonchev–Trinajstić information content (AvgIpc) is 2.45. The van der Waals surface area contributed by atoms with Gasteiger partial charge in [-0.1, -0.05) is 15.9 Å². The highest BCUT2D eigenvalue weighted by Gasteiger charge is 2.09. The maximum absolute atomic E-state index is 10.8. The molecule has 1 aromatic heterocycles. The number of rotatable bonds is 5. The first-order chi connectivity index (χ1) is 9.58. The van der Waals surface area contributed by atoms with Crippen LogP contribution in [0.25, 0.3) is 0 Å². The number of benzene rings is 1. The van der Waals surface area contributed by atoms with E-state index in [0.29, 0.717) is 21.7 Å². The largest absolute Gasteiger partial charge is 0.487 e. The predicted molar refractivity (Wildman–Crippen MR) is 76.7 cm³/mol. The number of ether oxygens (including phenoxy) is 1. The van der Waals surface area contributed by atoms with Crippen molar-refractivity contribution in [2.24, 2.45) is 0 Å². The van der Waals surface area contributed by atoms with Crippen molar-refractivity contribution in [3.63, 3.8) is 0 Å². The first kappa shape index (κ1) is 14.2. The molecule has 0 saturated carbocycles. The second kappa shape index (κ2) is 6.29. The zero-order chi connectivity index (χ0) is 14.5. The predicted octanol–water partition coefficient (Wildman–Crippen LogP) is 2.77. The molecule has 7 nitrogen and oxygen atoms in total. The van der Waals surface area contributed by atoms with Gasteiger partial charge in [0.1, 0.15) is 18.2 Å². The van der Waals surface area contributed by atoms with E-state index in [9.17, 15) is 10.1 Å². The van der Waals surface area contributed by atoms with Gasteiger partial charge >= 0.3 is 0 Å². The van der Waals surface area contributed by atoms with Gasteiger partial charge < -0.3 is 10.1 Å². The number of nitrogens with one attached hydrogen (secondary N) is 1. The molecule has 0 bridgehead atoms. The third-order valence-electron chi connectivity index (χ3n) is 2.42. The van der Waals surface area contributed by atoms with E-state index in [4.69, 9.17) is 4.74 Å². The molecular formula is C12H11BrN4O3. The fourth-order valence-electron chi connectivity index (χ4n) is 1.45. The van der Waals surface area contributed by atoms with Gasteiger partial charge in [-0.2, -0.15) is 0 Å². The monoisotopic (exact) mass is 338 g/mol. The zero-order valence-electron chi connectivity index (χ0n) is 10.5. The molecule has 0 spiro atoms. The minimum absolute atomic E-state index is 0.0361. The van der Waals surface area contributed by atoms with Crippen LogP contribution in [0.3, 0.4) is 0 Å². The summed E-state index contributed by atoms with van der Waals surface area (Å²) in [4.78, 5) is 18.5. The van der Waals surface area contributed by atoms with Crippen molar-refractivity contribution in [3.05, 3.63) is 50.9 Å². The molecule has 20 heavy (non-hydrogen) atoms. The SMILES string of the molecule is CNc1cnc(COc2cc(Br)cc([N+](=O)[O-])c2)cn1. The molecule has 0 aliphatic heterocycles. The van der Waals surface area contributed by atoms with Crippen molar-refractivity contribution < 1.29 is 9.66 Å². The Bertz CT molecular complexity index is 619. The fraction of sp³-hybridized carbons (Fsp3) is 0.167. The molecule has 0 saturated heterocycles. The summed E-state index contributed by atoms with van der Waals surface area (Å²) in [6.07, 6.45) is 3.17. The summed E-state index contributed by atoms with van der Waals surface area (Å²) in [6, 6.07) is 4.43. The molecular weight excluding hydrogens is 328 g/mol. The van der Waals surface area contributed by atoms with Crippen molar-refractivity contribution in [3.8, 4) is 5.75 Å². The summed E-state index contributed by atoms with van der Waals surface area (Å²) >= 11 is 3.21. The van der Waals surface area contributed by atoms with E-state index in [1.54, 1.807) is 25.5 Å². The Hall–Kier alpha value is -2.22. The quantitative estimate of drug-likeness (QED) is 0.665. The van der Waals surface area contributed by atoms with Gasteiger partial charge in [0, 0.05) is 17.6 Å². The number of hydrogen-bond acceptors (Lipinski definition) is 6. The second-order valence-corrected chi connectivity index (χ2v) is 4.75. The van der Waals surface area contributed by atoms with Gasteiger partial charge in [0.25, 0.3) is 5.69 Å². The summed E-state index contributed by atoms with van der Waals surface area (Å²) < 4.78 is 6.06. The lowest BCUT2D eigenvalue weighted by Crippen LogP contribution is -2.01. The normalized spacial score (nSPS) is 10.1. The molecule has 0 aliphatic carbocycles. The molecule has 1 N–H and O–H groups in total. The smallest absolute Gasteiger partial charge is 0.274 e. The first-order valence-corrected chi connectivity index (χ1v) is 6.44. The summed E-state index contributed by atoms with van der Waals surface area (Å²) in [6.45, 7) is 0.185. The zero-order valence-corrected chi connectivity index (χ0v) is 12.1. The topological polar surface area (TPSA) is 90.2 Å². The highest BCUT2D eigenvalue weighted by Crippen LogP contribution is 2.26. The number of nitro benzene ring substituents is 1. The molecule has 1 aromatic carbocycles. The lowest BCUT2D eigenvalue weighted by Gasteiger charge is -2.06. The lowest BCUT2D eigenvalue weighted by atomic mass is 10.3. The maximum Gasteiger partial charge on any atom is 0.274 e. The number of nitrogens with zero attached hydrogens (tertiary/aromatic N) is 3. The van der Waals surface area contributed by atoms with Gasteiger partial charge in [0.2, 0.25) is 0 Å². The molecule has 2 rings (SSSR count). The maximum atomic E-state index is 10.8. The van der Waals surface area contributed by atoms with Crippen molar-refractivity contribution in [1.82, 2.24) is 9.97 Å². The van der Waals surface area contributed by atoms with Crippen LogP contribution in [0, 0.1) is 10.1 Å². The van der Waals surface area contributed by atoms with E-state index in [0.717, 1.165) is 0 Å². The van der Waals surface area contributed by atoms with Crippen molar-refractivity contribution in [1.29, 1.82) is 0 Å². The third-order valence-corrected chi connectivity index (χ3v) is 2.87. The van der Waals surface area contributed by atoms with Gasteiger partial charge in [0.15, 0.2) is 0 Å². The Kier molecular flexibility index (Phi) is 4.46. The number of aromatic nitrogens is 2. The Morgan fingerprint density at radius 1 is 1.35 bits per heavy atom. The summed E-state index contributed by atoms with van der Waals surface area (Å²) in [5.41, 5.74) is 0.595. The number of anilines is 1. The van der Waals surface area contributed by atoms with Crippen LogP contribution >= 0.6 is 15.9 Å². The van der Waals surface area contributed by atoms with Crippen molar-refractivity contribution in [2.45, 2.75) is 6.61 Å². The van der Waals surface area contributed by atoms with Gasteiger partial charge in [0.05, 0.1) is 29.1 Å². The van der Waals surface area contributed by atoms with Crippen LogP contribution in [-0.2, 0) is 6.61 Å². The van der Waals surface area contributed by atoms with Crippen molar-refractivity contribution >= 4 is 27.4 Å². The van der Waals surface area contributed by atoms with Gasteiger partial charge in [-0.15, -0.1) is 0 Å². The number of hydrogen-bond donors (Lipinski definition) is 1. The van der Waals surface area contributed by atoms with Gasteiger partial charge in [-0.3, -0.25) is 15.1 Å². The van der Waals surface area contributed by atoms with Crippen LogP contribution in [0.1, 0.15) is 5.69 Å². The van der Waals surface area contributed by atoms with Crippen LogP contribution in [0.15, 0.2) is 35.1 Å². The molecule has 0 atom stereocenters. The highest BCUT2D eigenvalue weighted by atomic mass is 79.9. The second-order valence-electron chi connectivity index (χ2n) is 3.83. The van der Waals surface area contributed by atoms with Gasteiger partial charge in [-0.05, 0) is 6.07 Å². The Balaban J connectivity index is 2.08. The minimum atomic E-state index is -0.473. The fourth-order valence-corrected chi connectivity index (χ4v) is 1.91.